The summed E-state index contributed by atoms with van der Waals surface area (Å²) < 4.78 is 0. The van der Waals surface area contributed by atoms with Crippen LogP contribution in [0.15, 0.2) is 59.1 Å². The Hall–Kier alpha value is -3.23. The number of benzene rings is 2. The van der Waals surface area contributed by atoms with Gasteiger partial charge >= 0.3 is 0 Å². The lowest BCUT2D eigenvalue weighted by atomic mass is 10.1. The molecule has 0 fully saturated rings. The number of carbonyl (C=O) groups is 1. The second-order valence-corrected chi connectivity index (χ2v) is 9.06. The van der Waals surface area contributed by atoms with E-state index in [1.807, 2.05) is 73.0 Å². The van der Waals surface area contributed by atoms with Crippen molar-refractivity contribution >= 4 is 52.0 Å². The molecule has 0 aliphatic rings. The summed E-state index contributed by atoms with van der Waals surface area (Å²) in [7, 11) is 0. The summed E-state index contributed by atoms with van der Waals surface area (Å²) in [5.41, 5.74) is 5.15. The zero-order valence-corrected chi connectivity index (χ0v) is 19.7. The predicted octanol–water partition coefficient (Wildman–Crippen LogP) is 6.03. The van der Waals surface area contributed by atoms with E-state index in [9.17, 15) is 4.79 Å². The van der Waals surface area contributed by atoms with Crippen LogP contribution in [0.4, 0.5) is 10.8 Å². The number of aromatic amines is 1. The van der Waals surface area contributed by atoms with Crippen LogP contribution in [-0.2, 0) is 10.5 Å². The molecule has 0 saturated carbocycles. The highest BCUT2D eigenvalue weighted by Gasteiger charge is 2.18. The lowest BCUT2D eigenvalue weighted by molar-refractivity contribution is -0.115. The van der Waals surface area contributed by atoms with E-state index in [2.05, 4.69) is 27.1 Å². The molecular formula is C24H23N5OS2. The average molecular weight is 462 g/mol. The van der Waals surface area contributed by atoms with Crippen molar-refractivity contribution in [3.05, 3.63) is 82.1 Å². The van der Waals surface area contributed by atoms with Crippen LogP contribution < -0.4 is 4.90 Å². The fourth-order valence-corrected chi connectivity index (χ4v) is 4.72. The van der Waals surface area contributed by atoms with Gasteiger partial charge in [0.1, 0.15) is 5.82 Å². The first-order chi connectivity index (χ1) is 15.5. The Morgan fingerprint density at radius 3 is 2.66 bits per heavy atom. The Bertz CT molecular complexity index is 1250. The number of rotatable bonds is 7. The molecule has 2 aromatic carbocycles. The molecule has 0 radical (unpaired) electrons. The van der Waals surface area contributed by atoms with Crippen LogP contribution in [-0.4, -0.2) is 26.1 Å². The van der Waals surface area contributed by atoms with Gasteiger partial charge in [-0.3, -0.25) is 14.8 Å². The van der Waals surface area contributed by atoms with Gasteiger partial charge in [0, 0.05) is 18.1 Å². The third-order valence-corrected chi connectivity index (χ3v) is 6.61. The van der Waals surface area contributed by atoms with Gasteiger partial charge in [-0.1, -0.05) is 54.2 Å². The van der Waals surface area contributed by atoms with Crippen molar-refractivity contribution in [3.63, 3.8) is 0 Å². The van der Waals surface area contributed by atoms with E-state index in [-0.39, 0.29) is 5.91 Å². The van der Waals surface area contributed by atoms with E-state index in [4.69, 9.17) is 0 Å². The fraction of sp³-hybridized carbons (Fsp3) is 0.167. The van der Waals surface area contributed by atoms with Crippen molar-refractivity contribution in [2.75, 3.05) is 4.90 Å². The van der Waals surface area contributed by atoms with Crippen LogP contribution in [0.3, 0.4) is 0 Å². The fourth-order valence-electron chi connectivity index (χ4n) is 3.03. The number of nitrogens with one attached hydrogen (secondary N) is 1. The molecule has 0 atom stereocenters. The Morgan fingerprint density at radius 2 is 1.91 bits per heavy atom. The number of thiazole rings is 1. The van der Waals surface area contributed by atoms with E-state index in [0.29, 0.717) is 21.9 Å². The summed E-state index contributed by atoms with van der Waals surface area (Å²) in [5.74, 6) is 1.26. The van der Waals surface area contributed by atoms with Crippen LogP contribution in [0.2, 0.25) is 0 Å². The Morgan fingerprint density at radius 1 is 1.09 bits per heavy atom. The molecule has 0 spiro atoms. The summed E-state index contributed by atoms with van der Waals surface area (Å²) in [4.78, 5) is 23.2. The molecule has 6 nitrogen and oxygen atoms in total. The average Bonchev–Trinajstić information content (AvgIpc) is 3.43. The summed E-state index contributed by atoms with van der Waals surface area (Å²) in [6.45, 7) is 5.66. The maximum absolute atomic E-state index is 12.4. The van der Waals surface area contributed by atoms with Crippen LogP contribution >= 0.6 is 23.1 Å². The lowest BCUT2D eigenvalue weighted by Gasteiger charge is -2.19. The summed E-state index contributed by atoms with van der Waals surface area (Å²) in [6, 6.07) is 16.0. The molecule has 162 valence electrons. The van der Waals surface area contributed by atoms with E-state index >= 15 is 0 Å². The molecule has 0 aliphatic heterocycles. The third-order valence-electron chi connectivity index (χ3n) is 4.86. The monoisotopic (exact) mass is 461 g/mol. The maximum Gasteiger partial charge on any atom is 0.230 e. The van der Waals surface area contributed by atoms with Crippen molar-refractivity contribution in [1.29, 1.82) is 0 Å². The first kappa shape index (κ1) is 22.0. The first-order valence-electron chi connectivity index (χ1n) is 10.1. The van der Waals surface area contributed by atoms with Gasteiger partial charge in [-0.15, -0.1) is 16.4 Å². The highest BCUT2D eigenvalue weighted by molar-refractivity contribution is 7.98. The summed E-state index contributed by atoms with van der Waals surface area (Å²) in [5, 5.41) is 10.5. The minimum Gasteiger partial charge on any atom is -0.274 e. The SMILES string of the molecule is CC(=O)N(c1ccc(C)c(C)c1)c1nc(CSc2n[nH]c(/C=C/c3ccccc3)n2)cs1. The van der Waals surface area contributed by atoms with Crippen LogP contribution in [0.25, 0.3) is 12.2 Å². The normalized spacial score (nSPS) is 11.2. The van der Waals surface area contributed by atoms with Crippen molar-refractivity contribution < 1.29 is 4.79 Å². The van der Waals surface area contributed by atoms with Crippen molar-refractivity contribution in [1.82, 2.24) is 20.2 Å². The van der Waals surface area contributed by atoms with Crippen molar-refractivity contribution in [3.8, 4) is 0 Å². The standard InChI is InChI=1S/C24H23N5OS2/c1-16-9-11-21(13-17(16)2)29(18(3)30)24-25-20(15-32-24)14-31-23-26-22(27-28-23)12-10-19-7-5-4-6-8-19/h4-13,15H,14H2,1-3H3,(H,26,27,28)/b12-10+. The molecule has 1 N–H and O–H groups in total. The van der Waals surface area contributed by atoms with Crippen LogP contribution in [0, 0.1) is 13.8 Å². The minimum absolute atomic E-state index is 0.0642. The number of aryl methyl sites for hydroxylation is 2. The van der Waals surface area contributed by atoms with Crippen LogP contribution in [0.5, 0.6) is 0 Å². The quantitative estimate of drug-likeness (QED) is 0.340. The number of carbonyl (C=O) groups excluding carboxylic acids is 1. The topological polar surface area (TPSA) is 74.8 Å². The van der Waals surface area contributed by atoms with Gasteiger partial charge < -0.3 is 0 Å². The van der Waals surface area contributed by atoms with Gasteiger partial charge in [0.15, 0.2) is 5.13 Å². The second-order valence-electron chi connectivity index (χ2n) is 7.28. The van der Waals surface area contributed by atoms with Crippen molar-refractivity contribution in [2.45, 2.75) is 31.7 Å². The molecular weight excluding hydrogens is 438 g/mol. The molecule has 2 aromatic heterocycles. The first-order valence-corrected chi connectivity index (χ1v) is 12.0. The Kier molecular flexibility index (Phi) is 6.82. The Labute approximate surface area is 195 Å². The Balaban J connectivity index is 1.42. The number of nitrogens with zero attached hydrogens (tertiary/aromatic N) is 4. The highest BCUT2D eigenvalue weighted by atomic mass is 32.2. The number of H-pyrrole nitrogens is 1. The third kappa shape index (κ3) is 5.33. The molecule has 4 aromatic rings. The maximum atomic E-state index is 12.4. The van der Waals surface area contributed by atoms with Crippen LogP contribution in [0.1, 0.15) is 35.1 Å². The largest absolute Gasteiger partial charge is 0.274 e. The zero-order valence-electron chi connectivity index (χ0n) is 18.1. The molecule has 2 heterocycles. The molecule has 0 unspecified atom stereocenters. The number of aromatic nitrogens is 4. The molecule has 8 heteroatoms. The summed E-state index contributed by atoms with van der Waals surface area (Å²) in [6.07, 6.45) is 3.90. The molecule has 0 saturated heterocycles. The molecule has 0 aliphatic carbocycles. The van der Waals surface area contributed by atoms with Gasteiger partial charge in [-0.05, 0) is 48.7 Å². The van der Waals surface area contributed by atoms with E-state index < -0.39 is 0 Å². The molecule has 1 amide bonds. The van der Waals surface area contributed by atoms with E-state index in [1.165, 1.54) is 28.7 Å². The number of amides is 1. The van der Waals surface area contributed by atoms with Gasteiger partial charge in [0.2, 0.25) is 11.1 Å². The number of thioether (sulfide) groups is 1. The molecule has 32 heavy (non-hydrogen) atoms. The van der Waals surface area contributed by atoms with E-state index in [0.717, 1.165) is 22.5 Å². The smallest absolute Gasteiger partial charge is 0.230 e. The van der Waals surface area contributed by atoms with Crippen molar-refractivity contribution in [2.24, 2.45) is 0 Å². The minimum atomic E-state index is -0.0642. The van der Waals surface area contributed by atoms with Gasteiger partial charge in [0.25, 0.3) is 0 Å². The number of anilines is 2. The summed E-state index contributed by atoms with van der Waals surface area (Å²) >= 11 is 2.96. The van der Waals surface area contributed by atoms with Gasteiger partial charge in [-0.25, -0.2) is 9.97 Å². The van der Waals surface area contributed by atoms with Gasteiger partial charge in [0.05, 0.1) is 11.4 Å². The lowest BCUT2D eigenvalue weighted by Crippen LogP contribution is -2.22. The van der Waals surface area contributed by atoms with Gasteiger partial charge in [-0.2, -0.15) is 0 Å². The number of hydrogen-bond donors (Lipinski definition) is 1. The molecule has 4 rings (SSSR count). The number of hydrogen-bond acceptors (Lipinski definition) is 6. The second kappa shape index (κ2) is 9.93. The van der Waals surface area contributed by atoms with E-state index in [1.54, 1.807) is 11.8 Å². The highest BCUT2D eigenvalue weighted by Crippen LogP contribution is 2.31. The predicted molar refractivity (Wildman–Crippen MR) is 132 cm³/mol. The molecule has 0 bridgehead atoms. The zero-order chi connectivity index (χ0) is 22.5.